The van der Waals surface area contributed by atoms with Crippen molar-refractivity contribution in [1.82, 2.24) is 4.98 Å². The Bertz CT molecular complexity index is 581. The van der Waals surface area contributed by atoms with Gasteiger partial charge < -0.3 is 4.74 Å². The molecule has 1 saturated heterocycles. The molecule has 4 heteroatoms. The molecule has 1 aromatic carbocycles. The van der Waals surface area contributed by atoms with Crippen molar-refractivity contribution in [3.05, 3.63) is 39.5 Å². The van der Waals surface area contributed by atoms with Crippen molar-refractivity contribution in [3.63, 3.8) is 0 Å². The summed E-state index contributed by atoms with van der Waals surface area (Å²) in [5, 5.41) is 1.77. The van der Waals surface area contributed by atoms with Crippen LogP contribution in [0.4, 0.5) is 0 Å². The first-order valence-corrected chi connectivity index (χ1v) is 7.24. The predicted molar refractivity (Wildman–Crippen MR) is 77.2 cm³/mol. The number of rotatable bonds is 1. The number of nitrogens with zero attached hydrogens (tertiary/aromatic N) is 1. The summed E-state index contributed by atoms with van der Waals surface area (Å²) in [6, 6.07) is 8.23. The highest BCUT2D eigenvalue weighted by atomic mass is 79.9. The zero-order valence-corrected chi connectivity index (χ0v) is 12.2. The Morgan fingerprint density at radius 3 is 2.78 bits per heavy atom. The van der Waals surface area contributed by atoms with Gasteiger partial charge in [0.2, 0.25) is 0 Å². The zero-order valence-electron chi connectivity index (χ0n) is 9.83. The van der Waals surface area contributed by atoms with E-state index in [9.17, 15) is 0 Å². The lowest BCUT2D eigenvalue weighted by Crippen LogP contribution is -2.14. The molecule has 0 unspecified atom stereocenters. The zero-order chi connectivity index (χ0) is 12.5. The smallest absolute Gasteiger partial charge is 0.133 e. The normalized spacial score (nSPS) is 17.2. The van der Waals surface area contributed by atoms with Gasteiger partial charge in [-0.3, -0.25) is 0 Å². The molecule has 0 bridgehead atoms. The van der Waals surface area contributed by atoms with Crippen molar-refractivity contribution in [1.29, 1.82) is 0 Å². The highest BCUT2D eigenvalue weighted by Crippen LogP contribution is 2.33. The molecule has 0 N–H and O–H groups in total. The Hall–Kier alpha value is -0.640. The van der Waals surface area contributed by atoms with Crippen molar-refractivity contribution in [2.24, 2.45) is 0 Å². The molecule has 0 saturated carbocycles. The van der Waals surface area contributed by atoms with E-state index >= 15 is 0 Å². The molecular weight excluding hydrogens is 314 g/mol. The lowest BCUT2D eigenvalue weighted by atomic mass is 9.92. The van der Waals surface area contributed by atoms with Crippen LogP contribution < -0.4 is 0 Å². The average molecular weight is 327 g/mol. The lowest BCUT2D eigenvalue weighted by Gasteiger charge is -2.23. The van der Waals surface area contributed by atoms with E-state index in [-0.39, 0.29) is 0 Å². The number of aromatic nitrogens is 1. The first kappa shape index (κ1) is 12.4. The number of halogens is 2. The van der Waals surface area contributed by atoms with Gasteiger partial charge in [-0.1, -0.05) is 27.5 Å². The second-order valence-corrected chi connectivity index (χ2v) is 5.87. The molecule has 2 heterocycles. The topological polar surface area (TPSA) is 22.1 Å². The fourth-order valence-electron chi connectivity index (χ4n) is 2.44. The summed E-state index contributed by atoms with van der Waals surface area (Å²) in [5.74, 6) is 0.474. The van der Waals surface area contributed by atoms with E-state index in [1.54, 1.807) is 0 Å². The minimum absolute atomic E-state index is 0.474. The van der Waals surface area contributed by atoms with Crippen molar-refractivity contribution in [2.75, 3.05) is 13.2 Å². The van der Waals surface area contributed by atoms with Crippen LogP contribution >= 0.6 is 27.5 Å². The van der Waals surface area contributed by atoms with Gasteiger partial charge in [0.25, 0.3) is 0 Å². The Morgan fingerprint density at radius 1 is 1.22 bits per heavy atom. The number of ether oxygens (including phenoxy) is 1. The van der Waals surface area contributed by atoms with Gasteiger partial charge in [-0.15, -0.1) is 0 Å². The summed E-state index contributed by atoms with van der Waals surface area (Å²) in [6.45, 7) is 1.63. The molecule has 1 aliphatic rings. The highest BCUT2D eigenvalue weighted by Gasteiger charge is 2.19. The van der Waals surface area contributed by atoms with Crippen LogP contribution in [0.3, 0.4) is 0 Å². The molecule has 1 fully saturated rings. The summed E-state index contributed by atoms with van der Waals surface area (Å²) < 4.78 is 6.46. The maximum atomic E-state index is 6.31. The van der Waals surface area contributed by atoms with E-state index in [1.165, 1.54) is 0 Å². The first-order valence-electron chi connectivity index (χ1n) is 6.07. The highest BCUT2D eigenvalue weighted by molar-refractivity contribution is 9.10. The van der Waals surface area contributed by atoms with Crippen molar-refractivity contribution in [2.45, 2.75) is 18.8 Å². The third-order valence-electron chi connectivity index (χ3n) is 3.42. The molecule has 0 spiro atoms. The van der Waals surface area contributed by atoms with Crippen LogP contribution in [0.1, 0.15) is 24.3 Å². The van der Waals surface area contributed by atoms with Crippen molar-refractivity contribution >= 4 is 38.4 Å². The Labute approximate surface area is 119 Å². The Kier molecular flexibility index (Phi) is 3.55. The van der Waals surface area contributed by atoms with Gasteiger partial charge >= 0.3 is 0 Å². The first-order chi connectivity index (χ1) is 8.74. The number of benzene rings is 1. The summed E-state index contributed by atoms with van der Waals surface area (Å²) in [5.41, 5.74) is 2.10. The van der Waals surface area contributed by atoms with E-state index in [2.05, 4.69) is 33.0 Å². The van der Waals surface area contributed by atoms with E-state index < -0.39 is 0 Å². The van der Waals surface area contributed by atoms with Crippen LogP contribution in [0.25, 0.3) is 10.9 Å². The lowest BCUT2D eigenvalue weighted by molar-refractivity contribution is 0.0853. The fourth-order valence-corrected chi connectivity index (χ4v) is 3.11. The van der Waals surface area contributed by atoms with Crippen LogP contribution in [0.15, 0.2) is 28.7 Å². The predicted octanol–water partition coefficient (Wildman–Crippen LogP) is 4.54. The minimum Gasteiger partial charge on any atom is -0.381 e. The van der Waals surface area contributed by atoms with Crippen LogP contribution in [0.2, 0.25) is 5.15 Å². The second-order valence-electron chi connectivity index (χ2n) is 4.59. The van der Waals surface area contributed by atoms with Crippen molar-refractivity contribution < 1.29 is 4.74 Å². The molecule has 18 heavy (non-hydrogen) atoms. The van der Waals surface area contributed by atoms with Gasteiger partial charge in [-0.05, 0) is 48.6 Å². The molecule has 94 valence electrons. The fraction of sp³-hybridized carbons (Fsp3) is 0.357. The minimum atomic E-state index is 0.474. The molecule has 0 amide bonds. The number of hydrogen-bond acceptors (Lipinski definition) is 2. The Morgan fingerprint density at radius 2 is 2.00 bits per heavy atom. The molecule has 0 aliphatic carbocycles. The molecule has 0 atom stereocenters. The standard InChI is InChI=1S/C14H13BrClNO/c15-11-1-2-13-10(7-11)8-12(14(16)17-13)9-3-5-18-6-4-9/h1-2,7-9H,3-6H2. The average Bonchev–Trinajstić information content (AvgIpc) is 2.39. The quantitative estimate of drug-likeness (QED) is 0.718. The van der Waals surface area contributed by atoms with Gasteiger partial charge in [-0.2, -0.15) is 0 Å². The molecule has 0 radical (unpaired) electrons. The van der Waals surface area contributed by atoms with Crippen LogP contribution in [-0.2, 0) is 4.74 Å². The van der Waals surface area contributed by atoms with Gasteiger partial charge in [-0.25, -0.2) is 4.98 Å². The largest absolute Gasteiger partial charge is 0.381 e. The Balaban J connectivity index is 2.07. The SMILES string of the molecule is Clc1nc2ccc(Br)cc2cc1C1CCOCC1. The molecule has 1 aliphatic heterocycles. The summed E-state index contributed by atoms with van der Waals surface area (Å²) in [7, 11) is 0. The van der Waals surface area contributed by atoms with Gasteiger partial charge in [0.15, 0.2) is 0 Å². The maximum Gasteiger partial charge on any atom is 0.133 e. The summed E-state index contributed by atoms with van der Waals surface area (Å²) in [4.78, 5) is 4.50. The van der Waals surface area contributed by atoms with Crippen LogP contribution in [-0.4, -0.2) is 18.2 Å². The number of pyridine rings is 1. The molecule has 2 nitrogen and oxygen atoms in total. The van der Waals surface area contributed by atoms with E-state index in [0.717, 1.165) is 47.0 Å². The van der Waals surface area contributed by atoms with Crippen LogP contribution in [0.5, 0.6) is 0 Å². The second kappa shape index (κ2) is 5.16. The van der Waals surface area contributed by atoms with Crippen molar-refractivity contribution in [3.8, 4) is 0 Å². The van der Waals surface area contributed by atoms with Gasteiger partial charge in [0, 0.05) is 23.1 Å². The van der Waals surface area contributed by atoms with E-state index in [1.807, 2.05) is 12.1 Å². The third-order valence-corrected chi connectivity index (χ3v) is 4.21. The van der Waals surface area contributed by atoms with E-state index in [4.69, 9.17) is 16.3 Å². The third kappa shape index (κ3) is 2.40. The molecule has 1 aromatic heterocycles. The van der Waals surface area contributed by atoms with Gasteiger partial charge in [0.05, 0.1) is 5.52 Å². The number of fused-ring (bicyclic) bond motifs is 1. The van der Waals surface area contributed by atoms with Gasteiger partial charge in [0.1, 0.15) is 5.15 Å². The van der Waals surface area contributed by atoms with E-state index in [0.29, 0.717) is 11.1 Å². The molecule has 2 aromatic rings. The maximum absolute atomic E-state index is 6.31. The van der Waals surface area contributed by atoms with Crippen LogP contribution in [0, 0.1) is 0 Å². The molecule has 3 rings (SSSR count). The number of hydrogen-bond donors (Lipinski definition) is 0. The summed E-state index contributed by atoms with van der Waals surface area (Å²) in [6.07, 6.45) is 2.06. The molecular formula is C14H13BrClNO. The summed E-state index contributed by atoms with van der Waals surface area (Å²) >= 11 is 9.80. The monoisotopic (exact) mass is 325 g/mol.